The fourth-order valence-corrected chi connectivity index (χ4v) is 12.2. The molecule has 5 saturated carbocycles. The second-order valence-corrected chi connectivity index (χ2v) is 16.1. The van der Waals surface area contributed by atoms with Gasteiger partial charge in [-0.1, -0.05) is 48.5 Å². The highest BCUT2D eigenvalue weighted by atomic mass is 16.6. The van der Waals surface area contributed by atoms with Crippen molar-refractivity contribution in [2.45, 2.75) is 132 Å². The van der Waals surface area contributed by atoms with Crippen molar-refractivity contribution < 1.29 is 19.1 Å². The fraction of sp³-hybridized carbons (Fsp3) is 0.938. The van der Waals surface area contributed by atoms with E-state index in [-0.39, 0.29) is 56.6 Å². The van der Waals surface area contributed by atoms with E-state index in [2.05, 4.69) is 48.5 Å². The smallest absolute Gasteiger partial charge is 0.312 e. The first-order valence-corrected chi connectivity index (χ1v) is 15.0. The summed E-state index contributed by atoms with van der Waals surface area (Å²) in [6.07, 6.45) is 11.6. The molecule has 36 heavy (non-hydrogen) atoms. The molecule has 1 aliphatic heterocycles. The average molecular weight is 499 g/mol. The molecule has 0 aromatic heterocycles. The zero-order chi connectivity index (χ0) is 26.1. The first-order valence-electron chi connectivity index (χ1n) is 15.0. The Bertz CT molecular complexity index is 983. The maximum atomic E-state index is 13.4. The molecule has 4 heteroatoms. The van der Waals surface area contributed by atoms with E-state index in [4.69, 9.17) is 9.47 Å². The second-order valence-electron chi connectivity index (χ2n) is 16.1. The lowest BCUT2D eigenvalue weighted by Crippen LogP contribution is -2.68. The molecule has 0 radical (unpaired) electrons. The lowest BCUT2D eigenvalue weighted by Gasteiger charge is -2.73. The third-order valence-corrected chi connectivity index (χ3v) is 14.3. The van der Waals surface area contributed by atoms with E-state index >= 15 is 0 Å². The van der Waals surface area contributed by atoms with Gasteiger partial charge in [0.2, 0.25) is 0 Å². The minimum absolute atomic E-state index is 0.00113. The summed E-state index contributed by atoms with van der Waals surface area (Å²) >= 11 is 0. The van der Waals surface area contributed by atoms with Gasteiger partial charge in [-0.3, -0.25) is 9.59 Å². The van der Waals surface area contributed by atoms with Gasteiger partial charge in [0.05, 0.1) is 5.41 Å². The monoisotopic (exact) mass is 498 g/mol. The van der Waals surface area contributed by atoms with E-state index in [0.717, 1.165) is 32.1 Å². The largest absolute Gasteiger partial charge is 0.462 e. The minimum Gasteiger partial charge on any atom is -0.462 e. The Labute approximate surface area is 219 Å². The number of hydrogen-bond donors (Lipinski definition) is 0. The maximum Gasteiger partial charge on any atom is 0.312 e. The molecule has 1 heterocycles. The topological polar surface area (TPSA) is 52.6 Å². The van der Waals surface area contributed by atoms with E-state index in [1.807, 2.05) is 0 Å². The number of carbonyl (C=O) groups excluding carboxylic acids is 2. The average Bonchev–Trinajstić information content (AvgIpc) is 3.03. The summed E-state index contributed by atoms with van der Waals surface area (Å²) < 4.78 is 12.2. The third-order valence-electron chi connectivity index (χ3n) is 14.3. The van der Waals surface area contributed by atoms with Crippen LogP contribution in [0.25, 0.3) is 0 Å². The summed E-state index contributed by atoms with van der Waals surface area (Å²) in [6.45, 7) is 18.9. The van der Waals surface area contributed by atoms with Gasteiger partial charge >= 0.3 is 11.9 Å². The van der Waals surface area contributed by atoms with Crippen LogP contribution in [0.4, 0.5) is 0 Å². The Hall–Kier alpha value is -1.06. The van der Waals surface area contributed by atoms with Gasteiger partial charge in [0, 0.05) is 23.7 Å². The van der Waals surface area contributed by atoms with Crippen LogP contribution in [0.5, 0.6) is 0 Å². The van der Waals surface area contributed by atoms with Crippen LogP contribution < -0.4 is 0 Å². The quantitative estimate of drug-likeness (QED) is 0.355. The number of ether oxygens (including phenoxy) is 2. The van der Waals surface area contributed by atoms with Gasteiger partial charge < -0.3 is 9.47 Å². The molecule has 4 nitrogen and oxygen atoms in total. The Kier molecular flexibility index (Phi) is 5.13. The highest BCUT2D eigenvalue weighted by Crippen LogP contribution is 2.78. The van der Waals surface area contributed by atoms with Crippen molar-refractivity contribution in [3.05, 3.63) is 0 Å². The molecular weight excluding hydrogens is 448 g/mol. The number of rotatable bonds is 1. The number of esters is 2. The molecule has 0 unspecified atom stereocenters. The number of fused-ring (bicyclic) bond motifs is 5. The summed E-state index contributed by atoms with van der Waals surface area (Å²) in [5.74, 6) is 2.23. The Morgan fingerprint density at radius 1 is 0.806 bits per heavy atom. The predicted molar refractivity (Wildman–Crippen MR) is 140 cm³/mol. The van der Waals surface area contributed by atoms with Crippen molar-refractivity contribution in [1.82, 2.24) is 0 Å². The molecular formula is C32H50O4. The SMILES string of the molecule is CC(=O)O[C@@H]1CC[C@@]2(C)[C@H](CC[C@]3(C)[C@@H]2CC[C@@H]2[C@@H]4[C@H]5OC(=O)[C@@]4(CCC5(C)C)CC[C@]23C)C1(C)C. The van der Waals surface area contributed by atoms with Crippen LogP contribution in [0.15, 0.2) is 0 Å². The standard InChI is InChI=1S/C32H50O4/c1-19(33)35-23-12-13-29(6)21(28(23,4)5)11-14-31(8)22(29)10-9-20-24-25-27(2,3)15-17-32(24,26(34)36-25)18-16-30(20,31)7/h20-25H,9-18H2,1-8H3/t20-,21-,22-,23-,24-,25-,29+,30-,31-,32+/m1/s1. The van der Waals surface area contributed by atoms with Crippen molar-refractivity contribution in [2.24, 2.45) is 56.2 Å². The van der Waals surface area contributed by atoms with Gasteiger partial charge in [-0.05, 0) is 98.2 Å². The molecule has 202 valence electrons. The molecule has 0 N–H and O–H groups in total. The van der Waals surface area contributed by atoms with E-state index in [9.17, 15) is 9.59 Å². The van der Waals surface area contributed by atoms with E-state index in [0.29, 0.717) is 23.7 Å². The molecule has 0 aromatic rings. The first-order chi connectivity index (χ1) is 16.6. The minimum atomic E-state index is -0.210. The lowest BCUT2D eigenvalue weighted by molar-refractivity contribution is -0.254. The predicted octanol–water partition coefficient (Wildman–Crippen LogP) is 7.34. The summed E-state index contributed by atoms with van der Waals surface area (Å²) in [6, 6.07) is 0. The van der Waals surface area contributed by atoms with E-state index in [1.165, 1.54) is 32.1 Å². The molecule has 0 amide bonds. The van der Waals surface area contributed by atoms with Gasteiger partial charge in [0.15, 0.2) is 0 Å². The van der Waals surface area contributed by atoms with Crippen molar-refractivity contribution in [1.29, 1.82) is 0 Å². The Morgan fingerprint density at radius 3 is 2.19 bits per heavy atom. The molecule has 6 aliphatic rings. The normalized spacial score (nSPS) is 54.3. The molecule has 10 atom stereocenters. The molecule has 0 aromatic carbocycles. The van der Waals surface area contributed by atoms with Gasteiger partial charge in [-0.2, -0.15) is 0 Å². The number of hydrogen-bond acceptors (Lipinski definition) is 4. The summed E-state index contributed by atoms with van der Waals surface area (Å²) in [4.78, 5) is 25.3. The van der Waals surface area contributed by atoms with Crippen molar-refractivity contribution in [3.63, 3.8) is 0 Å². The van der Waals surface area contributed by atoms with Crippen molar-refractivity contribution in [3.8, 4) is 0 Å². The molecule has 5 aliphatic carbocycles. The van der Waals surface area contributed by atoms with Crippen LogP contribution in [-0.2, 0) is 19.1 Å². The van der Waals surface area contributed by atoms with Gasteiger partial charge in [0.25, 0.3) is 0 Å². The Morgan fingerprint density at radius 2 is 1.50 bits per heavy atom. The summed E-state index contributed by atoms with van der Waals surface area (Å²) in [5.41, 5.74) is 0.665. The van der Waals surface area contributed by atoms with E-state index in [1.54, 1.807) is 6.92 Å². The van der Waals surface area contributed by atoms with Gasteiger partial charge in [-0.15, -0.1) is 0 Å². The zero-order valence-corrected chi connectivity index (χ0v) is 24.2. The third kappa shape index (κ3) is 2.83. The highest BCUT2D eigenvalue weighted by molar-refractivity contribution is 5.81. The van der Waals surface area contributed by atoms with Crippen LogP contribution in [0.3, 0.4) is 0 Å². The zero-order valence-electron chi connectivity index (χ0n) is 24.2. The molecule has 0 spiro atoms. The number of carbonyl (C=O) groups is 2. The molecule has 1 saturated heterocycles. The van der Waals surface area contributed by atoms with E-state index < -0.39 is 0 Å². The van der Waals surface area contributed by atoms with Crippen molar-refractivity contribution >= 4 is 11.9 Å². The van der Waals surface area contributed by atoms with Crippen LogP contribution in [-0.4, -0.2) is 24.1 Å². The summed E-state index contributed by atoms with van der Waals surface area (Å²) in [7, 11) is 0. The first kappa shape index (κ1) is 25.2. The van der Waals surface area contributed by atoms with Crippen LogP contribution >= 0.6 is 0 Å². The van der Waals surface area contributed by atoms with Crippen molar-refractivity contribution in [2.75, 3.05) is 0 Å². The fourth-order valence-electron chi connectivity index (χ4n) is 12.2. The maximum absolute atomic E-state index is 13.4. The van der Waals surface area contributed by atoms with Crippen LogP contribution in [0.1, 0.15) is 120 Å². The second kappa shape index (κ2) is 7.32. The van der Waals surface area contributed by atoms with Gasteiger partial charge in [0.1, 0.15) is 12.2 Å². The molecule has 2 bridgehead atoms. The van der Waals surface area contributed by atoms with Gasteiger partial charge in [-0.25, -0.2) is 0 Å². The van der Waals surface area contributed by atoms with Crippen LogP contribution in [0, 0.1) is 56.2 Å². The molecule has 6 rings (SSSR count). The van der Waals surface area contributed by atoms with Crippen LogP contribution in [0.2, 0.25) is 0 Å². The highest BCUT2D eigenvalue weighted by Gasteiger charge is 2.75. The lowest BCUT2D eigenvalue weighted by atomic mass is 9.31. The Balaban J connectivity index is 1.36. The summed E-state index contributed by atoms with van der Waals surface area (Å²) in [5, 5.41) is 0. The molecule has 6 fully saturated rings.